The van der Waals surface area contributed by atoms with Gasteiger partial charge in [-0.25, -0.2) is 0 Å². The summed E-state index contributed by atoms with van der Waals surface area (Å²) in [6.07, 6.45) is 1.41. The highest BCUT2D eigenvalue weighted by atomic mass is 16.5. The van der Waals surface area contributed by atoms with E-state index in [2.05, 4.69) is 49.9 Å². The molecule has 3 rings (SSSR count). The number of Topliss-reactive ketones (excluding diaryl/α,β-unsaturated/α-hetero) is 1. The van der Waals surface area contributed by atoms with Crippen LogP contribution in [0.15, 0.2) is 48.5 Å². The van der Waals surface area contributed by atoms with Crippen LogP contribution in [-0.4, -0.2) is 37.6 Å². The van der Waals surface area contributed by atoms with Crippen molar-refractivity contribution in [3.05, 3.63) is 65.2 Å². The van der Waals surface area contributed by atoms with Crippen LogP contribution >= 0.6 is 0 Å². The zero-order valence-corrected chi connectivity index (χ0v) is 17.3. The molecular formula is C24H32N2O2. The number of carbonyl (C=O) groups is 1. The summed E-state index contributed by atoms with van der Waals surface area (Å²) in [5, 5.41) is 0. The van der Waals surface area contributed by atoms with Gasteiger partial charge in [-0.15, -0.1) is 0 Å². The van der Waals surface area contributed by atoms with Gasteiger partial charge in [-0.2, -0.15) is 0 Å². The van der Waals surface area contributed by atoms with E-state index in [-0.39, 0.29) is 11.7 Å². The van der Waals surface area contributed by atoms with Gasteiger partial charge in [0.1, 0.15) is 0 Å². The molecule has 4 nitrogen and oxygen atoms in total. The molecule has 1 aliphatic rings. The summed E-state index contributed by atoms with van der Waals surface area (Å²) in [5.74, 6) is 0.108. The second-order valence-corrected chi connectivity index (χ2v) is 7.99. The quantitative estimate of drug-likeness (QED) is 0.738. The number of ketones is 1. The first kappa shape index (κ1) is 20.6. The van der Waals surface area contributed by atoms with E-state index < -0.39 is 5.54 Å². The lowest BCUT2D eigenvalue weighted by atomic mass is 9.74. The fraction of sp³-hybridized carbons (Fsp3) is 0.458. The normalized spacial score (nSPS) is 17.8. The summed E-state index contributed by atoms with van der Waals surface area (Å²) in [6.45, 7) is 9.50. The maximum absolute atomic E-state index is 13.5. The van der Waals surface area contributed by atoms with Crippen molar-refractivity contribution in [2.75, 3.05) is 31.2 Å². The van der Waals surface area contributed by atoms with Crippen LogP contribution in [0.5, 0.6) is 0 Å². The molecule has 0 spiro atoms. The zero-order valence-electron chi connectivity index (χ0n) is 17.3. The molecule has 2 aromatic rings. The molecule has 0 bridgehead atoms. The molecule has 150 valence electrons. The molecule has 2 aromatic carbocycles. The van der Waals surface area contributed by atoms with Crippen LogP contribution in [0.2, 0.25) is 0 Å². The minimum atomic E-state index is -0.912. The van der Waals surface area contributed by atoms with Gasteiger partial charge < -0.3 is 15.4 Å². The van der Waals surface area contributed by atoms with E-state index in [1.54, 1.807) is 0 Å². The van der Waals surface area contributed by atoms with E-state index in [9.17, 15) is 4.79 Å². The van der Waals surface area contributed by atoms with Crippen LogP contribution in [0.1, 0.15) is 41.8 Å². The van der Waals surface area contributed by atoms with Gasteiger partial charge in [0.25, 0.3) is 0 Å². The fourth-order valence-electron chi connectivity index (χ4n) is 3.80. The molecular weight excluding hydrogens is 348 g/mol. The Morgan fingerprint density at radius 1 is 1.11 bits per heavy atom. The number of aryl methyl sites for hydroxylation is 1. The number of nitrogens with two attached hydrogens (primary N) is 1. The number of carbonyl (C=O) groups excluding carboxylic acids is 1. The monoisotopic (exact) mass is 380 g/mol. The van der Waals surface area contributed by atoms with Crippen molar-refractivity contribution in [1.29, 1.82) is 0 Å². The lowest BCUT2D eigenvalue weighted by Crippen LogP contribution is -2.55. The average molecular weight is 381 g/mol. The van der Waals surface area contributed by atoms with E-state index in [1.807, 2.05) is 24.3 Å². The zero-order chi connectivity index (χ0) is 20.1. The molecule has 0 amide bonds. The van der Waals surface area contributed by atoms with E-state index in [0.717, 1.165) is 44.0 Å². The fourth-order valence-corrected chi connectivity index (χ4v) is 3.80. The summed E-state index contributed by atoms with van der Waals surface area (Å²) in [6, 6.07) is 16.2. The first-order chi connectivity index (χ1) is 13.4. The Morgan fingerprint density at radius 3 is 2.29 bits per heavy atom. The number of anilines is 1. The molecule has 2 atom stereocenters. The lowest BCUT2D eigenvalue weighted by molar-refractivity contribution is 0.0828. The van der Waals surface area contributed by atoms with Gasteiger partial charge >= 0.3 is 0 Å². The van der Waals surface area contributed by atoms with Crippen molar-refractivity contribution < 1.29 is 9.53 Å². The third-order valence-corrected chi connectivity index (χ3v) is 6.04. The SMILES string of the molecule is CCC(C)C(N)(Cc1ccc(C)cc1)C(=O)c1ccc(N2CCOCC2)cc1. The van der Waals surface area contributed by atoms with E-state index in [4.69, 9.17) is 10.5 Å². The van der Waals surface area contributed by atoms with Crippen LogP contribution in [0.25, 0.3) is 0 Å². The van der Waals surface area contributed by atoms with Gasteiger partial charge in [-0.3, -0.25) is 4.79 Å². The molecule has 1 aliphatic heterocycles. The Morgan fingerprint density at radius 2 is 1.71 bits per heavy atom. The molecule has 0 aliphatic carbocycles. The lowest BCUT2D eigenvalue weighted by Gasteiger charge is -2.34. The molecule has 1 heterocycles. The third kappa shape index (κ3) is 4.45. The molecule has 4 heteroatoms. The maximum Gasteiger partial charge on any atom is 0.183 e. The predicted octanol–water partition coefficient (Wildman–Crippen LogP) is 4.00. The van der Waals surface area contributed by atoms with Crippen LogP contribution in [0.3, 0.4) is 0 Å². The van der Waals surface area contributed by atoms with Gasteiger partial charge in [-0.1, -0.05) is 50.1 Å². The molecule has 1 saturated heterocycles. The van der Waals surface area contributed by atoms with Gasteiger partial charge in [0, 0.05) is 24.3 Å². The van der Waals surface area contributed by atoms with E-state index >= 15 is 0 Å². The number of hydrogen-bond donors (Lipinski definition) is 1. The third-order valence-electron chi connectivity index (χ3n) is 6.04. The summed E-state index contributed by atoms with van der Waals surface area (Å²) in [7, 11) is 0. The van der Waals surface area contributed by atoms with Crippen LogP contribution in [0.4, 0.5) is 5.69 Å². The molecule has 2 N–H and O–H groups in total. The number of benzene rings is 2. The molecule has 0 radical (unpaired) electrons. The largest absolute Gasteiger partial charge is 0.378 e. The Hall–Kier alpha value is -2.17. The Kier molecular flexibility index (Phi) is 6.53. The topological polar surface area (TPSA) is 55.6 Å². The summed E-state index contributed by atoms with van der Waals surface area (Å²) < 4.78 is 5.42. The van der Waals surface area contributed by atoms with Crippen molar-refractivity contribution in [3.63, 3.8) is 0 Å². The smallest absolute Gasteiger partial charge is 0.183 e. The van der Waals surface area contributed by atoms with Crippen molar-refractivity contribution in [2.45, 2.75) is 39.2 Å². The molecule has 2 unspecified atom stereocenters. The number of nitrogens with zero attached hydrogens (tertiary/aromatic N) is 1. The number of morpholine rings is 1. The molecule has 1 fully saturated rings. The van der Waals surface area contributed by atoms with Crippen molar-refractivity contribution in [3.8, 4) is 0 Å². The molecule has 28 heavy (non-hydrogen) atoms. The highest BCUT2D eigenvalue weighted by molar-refractivity contribution is 6.03. The van der Waals surface area contributed by atoms with Gasteiger partial charge in [-0.05, 0) is 49.1 Å². The predicted molar refractivity (Wildman–Crippen MR) is 115 cm³/mol. The number of hydrogen-bond acceptors (Lipinski definition) is 4. The van der Waals surface area contributed by atoms with Gasteiger partial charge in [0.05, 0.1) is 18.8 Å². The Balaban J connectivity index is 1.83. The highest BCUT2D eigenvalue weighted by Gasteiger charge is 2.39. The minimum Gasteiger partial charge on any atom is -0.378 e. The highest BCUT2D eigenvalue weighted by Crippen LogP contribution is 2.28. The van der Waals surface area contributed by atoms with Crippen molar-refractivity contribution in [2.24, 2.45) is 11.7 Å². The second-order valence-electron chi connectivity index (χ2n) is 7.99. The first-order valence-electron chi connectivity index (χ1n) is 10.3. The van der Waals surface area contributed by atoms with E-state index in [0.29, 0.717) is 12.0 Å². The molecule has 0 saturated carbocycles. The van der Waals surface area contributed by atoms with Crippen molar-refractivity contribution in [1.82, 2.24) is 0 Å². The first-order valence-corrected chi connectivity index (χ1v) is 10.3. The van der Waals surface area contributed by atoms with Crippen LogP contribution in [0, 0.1) is 12.8 Å². The second kappa shape index (κ2) is 8.89. The summed E-state index contributed by atoms with van der Waals surface area (Å²) in [5.41, 5.74) is 10.0. The summed E-state index contributed by atoms with van der Waals surface area (Å²) >= 11 is 0. The van der Waals surface area contributed by atoms with Gasteiger partial charge in [0.15, 0.2) is 5.78 Å². The van der Waals surface area contributed by atoms with Crippen LogP contribution < -0.4 is 10.6 Å². The standard InChI is InChI=1S/C24H32N2O2/c1-4-19(3)24(25,17-20-7-5-18(2)6-8-20)23(27)21-9-11-22(12-10-21)26-13-15-28-16-14-26/h5-12,19H,4,13-17,25H2,1-3H3. The number of rotatable bonds is 7. The maximum atomic E-state index is 13.5. The Bertz CT molecular complexity index is 779. The summed E-state index contributed by atoms with van der Waals surface area (Å²) in [4.78, 5) is 15.8. The molecule has 0 aromatic heterocycles. The average Bonchev–Trinajstić information content (AvgIpc) is 2.75. The minimum absolute atomic E-state index is 0.0240. The van der Waals surface area contributed by atoms with Crippen molar-refractivity contribution >= 4 is 11.5 Å². The Labute approximate surface area is 168 Å². The van der Waals surface area contributed by atoms with Crippen LogP contribution in [-0.2, 0) is 11.2 Å². The van der Waals surface area contributed by atoms with Gasteiger partial charge in [0.2, 0.25) is 0 Å². The van der Waals surface area contributed by atoms with E-state index in [1.165, 1.54) is 5.56 Å². The number of ether oxygens (including phenoxy) is 1.